The van der Waals surface area contributed by atoms with Gasteiger partial charge in [-0.25, -0.2) is 9.59 Å². The zero-order chi connectivity index (χ0) is 21.9. The van der Waals surface area contributed by atoms with Crippen LogP contribution in [-0.4, -0.2) is 89.1 Å². The number of esters is 2. The average Bonchev–Trinajstić information content (AvgIpc) is 3.06. The molecular formula is C15H22F4O9. The van der Waals surface area contributed by atoms with Gasteiger partial charge in [-0.05, 0) is 20.8 Å². The minimum absolute atomic E-state index is 0.186. The Labute approximate surface area is 157 Å². The Bertz CT molecular complexity index is 570. The molecule has 2 aliphatic heterocycles. The van der Waals surface area contributed by atoms with E-state index in [9.17, 15) is 32.3 Å². The summed E-state index contributed by atoms with van der Waals surface area (Å²) in [5, 5.41) is 26.4. The molecule has 2 saturated heterocycles. The predicted octanol–water partition coefficient (Wildman–Crippen LogP) is -0.402. The molecule has 0 spiro atoms. The van der Waals surface area contributed by atoms with E-state index in [-0.39, 0.29) is 13.2 Å². The summed E-state index contributed by atoms with van der Waals surface area (Å²) >= 11 is 0. The Morgan fingerprint density at radius 1 is 1.39 bits per heavy atom. The van der Waals surface area contributed by atoms with Crippen LogP contribution in [0.2, 0.25) is 0 Å². The van der Waals surface area contributed by atoms with Crippen LogP contribution in [-0.2, 0) is 28.5 Å². The van der Waals surface area contributed by atoms with Crippen LogP contribution in [0.1, 0.15) is 20.8 Å². The van der Waals surface area contributed by atoms with Crippen molar-refractivity contribution in [2.75, 3.05) is 19.8 Å². The zero-order valence-electron chi connectivity index (χ0n) is 15.2. The number of carbonyl (C=O) groups excluding carboxylic acids is 2. The molecule has 164 valence electrons. The molecule has 2 rings (SSSR count). The molecule has 0 saturated carbocycles. The number of hydrogen-bond acceptors (Lipinski definition) is 9. The molecule has 2 heterocycles. The second-order valence-corrected chi connectivity index (χ2v) is 6.35. The normalized spacial score (nSPS) is 29.5. The number of aliphatic hydroxyl groups is 3. The van der Waals surface area contributed by atoms with Crippen molar-refractivity contribution in [2.45, 2.75) is 62.8 Å². The first-order valence-electron chi connectivity index (χ1n) is 8.13. The van der Waals surface area contributed by atoms with E-state index < -0.39 is 60.6 Å². The fourth-order valence-electron chi connectivity index (χ4n) is 2.22. The topological polar surface area (TPSA) is 132 Å². The van der Waals surface area contributed by atoms with Crippen LogP contribution >= 0.6 is 0 Å². The van der Waals surface area contributed by atoms with Gasteiger partial charge in [0.05, 0.1) is 19.8 Å². The van der Waals surface area contributed by atoms with Gasteiger partial charge in [-0.15, -0.1) is 0 Å². The van der Waals surface area contributed by atoms with Crippen LogP contribution < -0.4 is 0 Å². The summed E-state index contributed by atoms with van der Waals surface area (Å²) in [5.74, 6) is -12.5. The van der Waals surface area contributed by atoms with Gasteiger partial charge in [0, 0.05) is 0 Å². The van der Waals surface area contributed by atoms with Crippen molar-refractivity contribution in [3.8, 4) is 0 Å². The molecule has 0 aliphatic carbocycles. The maximum Gasteiger partial charge on any atom is 0.380 e. The quantitative estimate of drug-likeness (QED) is 0.400. The lowest BCUT2D eigenvalue weighted by Crippen LogP contribution is -2.50. The van der Waals surface area contributed by atoms with Gasteiger partial charge in [-0.2, -0.15) is 17.6 Å². The van der Waals surface area contributed by atoms with Crippen LogP contribution in [0.25, 0.3) is 0 Å². The Kier molecular flexibility index (Phi) is 7.75. The zero-order valence-corrected chi connectivity index (χ0v) is 15.2. The molecule has 0 aromatic rings. The van der Waals surface area contributed by atoms with Crippen molar-refractivity contribution < 1.29 is 61.4 Å². The first-order valence-corrected chi connectivity index (χ1v) is 8.13. The average molecular weight is 422 g/mol. The largest absolute Gasteiger partial charge is 0.461 e. The highest BCUT2D eigenvalue weighted by molar-refractivity contribution is 5.81. The van der Waals surface area contributed by atoms with Gasteiger partial charge in [-0.3, -0.25) is 0 Å². The van der Waals surface area contributed by atoms with Gasteiger partial charge >= 0.3 is 23.8 Å². The standard InChI is InChI=1S/C10H16F2O5.C5H6F2O4/c1-4-15-8(14)10(11,12)7(13)6-5-16-9(2,3)17-6;6-5(7)3(9)2(1-8)11-4(5)10/h6-7,13H,4-5H2,1-3H3;2-3,8-9H,1H2/t6-,7?;2-,3?/m11/s1. The third-order valence-electron chi connectivity index (χ3n) is 3.74. The molecule has 0 amide bonds. The van der Waals surface area contributed by atoms with Crippen LogP contribution in [0.3, 0.4) is 0 Å². The molecule has 0 aromatic heterocycles. The van der Waals surface area contributed by atoms with Gasteiger partial charge < -0.3 is 34.3 Å². The summed E-state index contributed by atoms with van der Waals surface area (Å²) in [4.78, 5) is 21.2. The number of cyclic esters (lactones) is 1. The van der Waals surface area contributed by atoms with E-state index in [1.807, 2.05) is 0 Å². The lowest BCUT2D eigenvalue weighted by molar-refractivity contribution is -0.210. The van der Waals surface area contributed by atoms with Crippen molar-refractivity contribution >= 4 is 11.9 Å². The summed E-state index contributed by atoms with van der Waals surface area (Å²) in [7, 11) is 0. The Balaban J connectivity index is 0.000000307. The van der Waals surface area contributed by atoms with E-state index >= 15 is 0 Å². The van der Waals surface area contributed by atoms with E-state index in [2.05, 4.69) is 9.47 Å². The smallest absolute Gasteiger partial charge is 0.380 e. The maximum atomic E-state index is 13.4. The molecule has 0 bridgehead atoms. The van der Waals surface area contributed by atoms with Gasteiger partial charge in [0.2, 0.25) is 0 Å². The third kappa shape index (κ3) is 5.29. The highest BCUT2D eigenvalue weighted by Gasteiger charge is 2.59. The Hall–Kier alpha value is -1.54. The summed E-state index contributed by atoms with van der Waals surface area (Å²) < 4.78 is 69.8. The second-order valence-electron chi connectivity index (χ2n) is 6.35. The lowest BCUT2D eigenvalue weighted by atomic mass is 10.1. The molecule has 9 nitrogen and oxygen atoms in total. The number of halogens is 4. The van der Waals surface area contributed by atoms with Gasteiger partial charge in [0.25, 0.3) is 0 Å². The number of hydrogen-bond donors (Lipinski definition) is 3. The van der Waals surface area contributed by atoms with Crippen molar-refractivity contribution in [3.05, 3.63) is 0 Å². The molecule has 2 unspecified atom stereocenters. The van der Waals surface area contributed by atoms with Crippen molar-refractivity contribution in [1.82, 2.24) is 0 Å². The van der Waals surface area contributed by atoms with Crippen molar-refractivity contribution in [3.63, 3.8) is 0 Å². The third-order valence-corrected chi connectivity index (χ3v) is 3.74. The molecule has 0 radical (unpaired) electrons. The fourth-order valence-corrected chi connectivity index (χ4v) is 2.22. The van der Waals surface area contributed by atoms with Crippen molar-refractivity contribution in [1.29, 1.82) is 0 Å². The Morgan fingerprint density at radius 3 is 2.29 bits per heavy atom. The number of carbonyl (C=O) groups is 2. The maximum absolute atomic E-state index is 13.4. The second kappa shape index (κ2) is 8.86. The molecule has 3 N–H and O–H groups in total. The molecule has 13 heteroatoms. The monoisotopic (exact) mass is 422 g/mol. The number of ether oxygens (including phenoxy) is 4. The van der Waals surface area contributed by atoms with Gasteiger partial charge in [0.15, 0.2) is 24.1 Å². The van der Waals surface area contributed by atoms with E-state index in [1.54, 1.807) is 0 Å². The molecule has 28 heavy (non-hydrogen) atoms. The molecule has 4 atom stereocenters. The lowest BCUT2D eigenvalue weighted by Gasteiger charge is -2.25. The molecule has 2 aliphatic rings. The first kappa shape index (κ1) is 24.5. The van der Waals surface area contributed by atoms with Crippen LogP contribution in [0, 0.1) is 0 Å². The van der Waals surface area contributed by atoms with E-state index in [0.717, 1.165) is 0 Å². The first-order chi connectivity index (χ1) is 12.7. The molecule has 2 fully saturated rings. The minimum Gasteiger partial charge on any atom is -0.461 e. The van der Waals surface area contributed by atoms with Crippen LogP contribution in [0.4, 0.5) is 17.6 Å². The van der Waals surface area contributed by atoms with Gasteiger partial charge in [0.1, 0.15) is 6.10 Å². The van der Waals surface area contributed by atoms with Crippen LogP contribution in [0.15, 0.2) is 0 Å². The number of alkyl halides is 4. The molecule has 0 aromatic carbocycles. The van der Waals surface area contributed by atoms with Crippen molar-refractivity contribution in [2.24, 2.45) is 0 Å². The summed E-state index contributed by atoms with van der Waals surface area (Å²) in [5.41, 5.74) is 0. The highest BCUT2D eigenvalue weighted by Crippen LogP contribution is 2.32. The number of rotatable bonds is 5. The number of aliphatic hydroxyl groups excluding tert-OH is 3. The van der Waals surface area contributed by atoms with Crippen LogP contribution in [0.5, 0.6) is 0 Å². The minimum atomic E-state index is -4.01. The fraction of sp³-hybridized carbons (Fsp3) is 0.867. The van der Waals surface area contributed by atoms with E-state index in [1.165, 1.54) is 20.8 Å². The summed E-state index contributed by atoms with van der Waals surface area (Å²) in [6, 6.07) is 0. The highest BCUT2D eigenvalue weighted by atomic mass is 19.3. The Morgan fingerprint density at radius 2 is 1.96 bits per heavy atom. The van der Waals surface area contributed by atoms with Gasteiger partial charge in [-0.1, -0.05) is 0 Å². The summed E-state index contributed by atoms with van der Waals surface area (Å²) in [6.07, 6.45) is -7.29. The van der Waals surface area contributed by atoms with E-state index in [0.29, 0.717) is 0 Å². The van der Waals surface area contributed by atoms with E-state index in [4.69, 9.17) is 19.7 Å². The predicted molar refractivity (Wildman–Crippen MR) is 80.4 cm³/mol. The SMILES string of the molecule is CCOC(=O)C(F)(F)C(O)[C@H]1COC(C)(C)O1.O=C1O[C@H](CO)C(O)C1(F)F. The summed E-state index contributed by atoms with van der Waals surface area (Å²) in [6.45, 7) is 3.27. The molecular weight excluding hydrogens is 400 g/mol.